The molecule has 1 nitrogen and oxygen atoms in total. The van der Waals surface area contributed by atoms with E-state index >= 15 is 0 Å². The molecule has 0 bridgehead atoms. The Morgan fingerprint density at radius 3 is 2.58 bits per heavy atom. The van der Waals surface area contributed by atoms with Crippen LogP contribution in [0.5, 0.6) is 0 Å². The molecule has 0 aliphatic carbocycles. The van der Waals surface area contributed by atoms with Crippen molar-refractivity contribution < 1.29 is 0 Å². The lowest BCUT2D eigenvalue weighted by Crippen LogP contribution is -2.19. The zero-order valence-electron chi connectivity index (χ0n) is 8.85. The van der Waals surface area contributed by atoms with Crippen molar-refractivity contribution >= 4 is 5.71 Å². The van der Waals surface area contributed by atoms with Crippen LogP contribution in [0.15, 0.2) is 4.99 Å². The van der Waals surface area contributed by atoms with Gasteiger partial charge in [-0.2, -0.15) is 0 Å². The molecule has 12 heavy (non-hydrogen) atoms. The summed E-state index contributed by atoms with van der Waals surface area (Å²) in [5, 5.41) is 0. The summed E-state index contributed by atoms with van der Waals surface area (Å²) >= 11 is 0. The van der Waals surface area contributed by atoms with E-state index in [0.717, 1.165) is 12.5 Å². The molecule has 0 radical (unpaired) electrons. The Hall–Kier alpha value is -0.330. The summed E-state index contributed by atoms with van der Waals surface area (Å²) < 4.78 is 0. The second kappa shape index (κ2) is 3.59. The SMILES string of the molecule is CC1=NCCC(CC(C)(C)C)C1. The molecule has 0 aromatic carbocycles. The Morgan fingerprint density at radius 2 is 2.08 bits per heavy atom. The van der Waals surface area contributed by atoms with Crippen molar-refractivity contribution in [3.63, 3.8) is 0 Å². The van der Waals surface area contributed by atoms with Crippen LogP contribution in [0.4, 0.5) is 0 Å². The predicted octanol–water partition coefficient (Wildman–Crippen LogP) is 3.29. The van der Waals surface area contributed by atoms with Crippen molar-refractivity contribution in [2.75, 3.05) is 6.54 Å². The van der Waals surface area contributed by atoms with E-state index < -0.39 is 0 Å². The van der Waals surface area contributed by atoms with Crippen LogP contribution in [0.2, 0.25) is 0 Å². The van der Waals surface area contributed by atoms with Crippen LogP contribution < -0.4 is 0 Å². The molecular formula is C11H21N. The van der Waals surface area contributed by atoms with E-state index in [0.29, 0.717) is 5.41 Å². The molecule has 1 aliphatic rings. The molecule has 1 rings (SSSR count). The highest BCUT2D eigenvalue weighted by Crippen LogP contribution is 2.30. The first-order chi connectivity index (χ1) is 5.47. The maximum absolute atomic E-state index is 4.43. The molecular weight excluding hydrogens is 146 g/mol. The third-order valence-corrected chi connectivity index (χ3v) is 2.40. The van der Waals surface area contributed by atoms with Gasteiger partial charge < -0.3 is 0 Å². The predicted molar refractivity (Wildman–Crippen MR) is 54.8 cm³/mol. The fourth-order valence-electron chi connectivity index (χ4n) is 2.06. The second-order valence-corrected chi connectivity index (χ2v) is 5.24. The number of rotatable bonds is 1. The van der Waals surface area contributed by atoms with Crippen molar-refractivity contribution in [2.45, 2.75) is 47.0 Å². The molecule has 1 heterocycles. The van der Waals surface area contributed by atoms with Gasteiger partial charge in [0, 0.05) is 12.3 Å². The van der Waals surface area contributed by atoms with Gasteiger partial charge in [0.15, 0.2) is 0 Å². The summed E-state index contributed by atoms with van der Waals surface area (Å²) in [5.41, 5.74) is 1.85. The van der Waals surface area contributed by atoms with E-state index in [1.807, 2.05) is 0 Å². The smallest absolute Gasteiger partial charge is 0.0391 e. The lowest BCUT2D eigenvalue weighted by molar-refractivity contribution is 0.285. The fraction of sp³-hybridized carbons (Fsp3) is 0.909. The molecule has 0 N–H and O–H groups in total. The Morgan fingerprint density at radius 1 is 1.42 bits per heavy atom. The van der Waals surface area contributed by atoms with E-state index in [1.165, 1.54) is 25.0 Å². The van der Waals surface area contributed by atoms with E-state index in [2.05, 4.69) is 32.7 Å². The summed E-state index contributed by atoms with van der Waals surface area (Å²) in [6, 6.07) is 0. The molecule has 70 valence electrons. The van der Waals surface area contributed by atoms with Gasteiger partial charge in [0.2, 0.25) is 0 Å². The van der Waals surface area contributed by atoms with Crippen LogP contribution in [0.1, 0.15) is 47.0 Å². The summed E-state index contributed by atoms with van der Waals surface area (Å²) in [4.78, 5) is 4.43. The van der Waals surface area contributed by atoms with Crippen LogP contribution in [0.3, 0.4) is 0 Å². The van der Waals surface area contributed by atoms with Crippen molar-refractivity contribution in [1.82, 2.24) is 0 Å². The van der Waals surface area contributed by atoms with Crippen molar-refractivity contribution in [3.8, 4) is 0 Å². The lowest BCUT2D eigenvalue weighted by atomic mass is 9.80. The van der Waals surface area contributed by atoms with Crippen LogP contribution in [0, 0.1) is 11.3 Å². The molecule has 0 amide bonds. The minimum Gasteiger partial charge on any atom is -0.294 e. The highest BCUT2D eigenvalue weighted by Gasteiger charge is 2.20. The van der Waals surface area contributed by atoms with E-state index in [9.17, 15) is 0 Å². The molecule has 0 spiro atoms. The first kappa shape index (κ1) is 9.76. The second-order valence-electron chi connectivity index (χ2n) is 5.24. The highest BCUT2D eigenvalue weighted by atomic mass is 14.7. The third kappa shape index (κ3) is 3.38. The number of hydrogen-bond acceptors (Lipinski definition) is 1. The summed E-state index contributed by atoms with van der Waals surface area (Å²) in [7, 11) is 0. The summed E-state index contributed by atoms with van der Waals surface area (Å²) in [6.45, 7) is 10.2. The molecule has 0 aromatic heterocycles. The third-order valence-electron chi connectivity index (χ3n) is 2.40. The van der Waals surface area contributed by atoms with E-state index in [1.54, 1.807) is 0 Å². The Balaban J connectivity index is 2.40. The molecule has 0 saturated carbocycles. The Kier molecular flexibility index (Phi) is 2.92. The Bertz CT molecular complexity index is 174. The van der Waals surface area contributed by atoms with E-state index in [4.69, 9.17) is 0 Å². The zero-order valence-corrected chi connectivity index (χ0v) is 8.85. The molecule has 1 unspecified atom stereocenters. The van der Waals surface area contributed by atoms with Crippen LogP contribution >= 0.6 is 0 Å². The Labute approximate surface area is 76.3 Å². The highest BCUT2D eigenvalue weighted by molar-refractivity contribution is 5.82. The average molecular weight is 167 g/mol. The van der Waals surface area contributed by atoms with Crippen LogP contribution in [0.25, 0.3) is 0 Å². The normalized spacial score (nSPS) is 25.3. The molecule has 0 saturated heterocycles. The molecule has 0 fully saturated rings. The van der Waals surface area contributed by atoms with Crippen LogP contribution in [-0.2, 0) is 0 Å². The van der Waals surface area contributed by atoms with Gasteiger partial charge in [-0.05, 0) is 37.5 Å². The van der Waals surface area contributed by atoms with Gasteiger partial charge in [0.1, 0.15) is 0 Å². The molecule has 1 heteroatoms. The summed E-state index contributed by atoms with van der Waals surface area (Å²) in [6.07, 6.45) is 3.88. The van der Waals surface area contributed by atoms with Crippen molar-refractivity contribution in [2.24, 2.45) is 16.3 Å². The van der Waals surface area contributed by atoms with E-state index in [-0.39, 0.29) is 0 Å². The minimum atomic E-state index is 0.488. The number of nitrogens with zero attached hydrogens (tertiary/aromatic N) is 1. The van der Waals surface area contributed by atoms with Crippen molar-refractivity contribution in [1.29, 1.82) is 0 Å². The minimum absolute atomic E-state index is 0.488. The maximum atomic E-state index is 4.43. The van der Waals surface area contributed by atoms with Gasteiger partial charge in [0.05, 0.1) is 0 Å². The first-order valence-electron chi connectivity index (χ1n) is 4.97. The van der Waals surface area contributed by atoms with Gasteiger partial charge in [-0.25, -0.2) is 0 Å². The maximum Gasteiger partial charge on any atom is 0.0391 e. The van der Waals surface area contributed by atoms with Crippen LogP contribution in [-0.4, -0.2) is 12.3 Å². The largest absolute Gasteiger partial charge is 0.294 e. The number of hydrogen-bond donors (Lipinski definition) is 0. The fourth-order valence-corrected chi connectivity index (χ4v) is 2.06. The summed E-state index contributed by atoms with van der Waals surface area (Å²) in [5.74, 6) is 0.891. The van der Waals surface area contributed by atoms with Gasteiger partial charge in [0.25, 0.3) is 0 Å². The monoisotopic (exact) mass is 167 g/mol. The van der Waals surface area contributed by atoms with Gasteiger partial charge >= 0.3 is 0 Å². The standard InChI is InChI=1S/C11H21N/c1-9-7-10(5-6-12-9)8-11(2,3)4/h10H,5-8H2,1-4H3. The zero-order chi connectivity index (χ0) is 9.19. The molecule has 1 atom stereocenters. The molecule has 1 aliphatic heterocycles. The molecule has 0 aromatic rings. The quantitative estimate of drug-likeness (QED) is 0.568. The van der Waals surface area contributed by atoms with Gasteiger partial charge in [-0.15, -0.1) is 0 Å². The van der Waals surface area contributed by atoms with Gasteiger partial charge in [-0.3, -0.25) is 4.99 Å². The average Bonchev–Trinajstić information content (AvgIpc) is 1.82. The van der Waals surface area contributed by atoms with Gasteiger partial charge in [-0.1, -0.05) is 20.8 Å². The number of aliphatic imine (C=N–C) groups is 1. The topological polar surface area (TPSA) is 12.4 Å². The van der Waals surface area contributed by atoms with Crippen molar-refractivity contribution in [3.05, 3.63) is 0 Å². The first-order valence-corrected chi connectivity index (χ1v) is 4.97. The lowest BCUT2D eigenvalue weighted by Gasteiger charge is -2.27.